The summed E-state index contributed by atoms with van der Waals surface area (Å²) in [5.74, 6) is -0.331. The number of hydrogen-bond donors (Lipinski definition) is 1. The number of Topliss-reactive ketones (excluding diaryl/α,β-unsaturated/α-hetero) is 1. The lowest BCUT2D eigenvalue weighted by Crippen LogP contribution is -2.05. The summed E-state index contributed by atoms with van der Waals surface area (Å²) in [6.45, 7) is 4.51. The Kier molecular flexibility index (Phi) is 2.51. The molecule has 0 aliphatic heterocycles. The molecule has 0 bridgehead atoms. The van der Waals surface area contributed by atoms with E-state index in [1.807, 2.05) is 0 Å². The van der Waals surface area contributed by atoms with Crippen molar-refractivity contribution in [3.8, 4) is 5.88 Å². The second-order valence-corrected chi connectivity index (χ2v) is 2.84. The summed E-state index contributed by atoms with van der Waals surface area (Å²) in [7, 11) is 0. The molecule has 0 spiro atoms. The van der Waals surface area contributed by atoms with Gasteiger partial charge in [0, 0.05) is 12.6 Å². The van der Waals surface area contributed by atoms with Crippen LogP contribution in [-0.4, -0.2) is 16.7 Å². The van der Waals surface area contributed by atoms with E-state index < -0.39 is 5.97 Å². The van der Waals surface area contributed by atoms with Gasteiger partial charge in [0.25, 0.3) is 0 Å². The number of nitrogens with one attached hydrogen (secondary N) is 1. The standard InChI is InChI=1S/C9H11NO3/c1-5-4-8(6(2)11)9(10-5)13-7(3)12/h4,10H,1-3H3. The molecule has 0 saturated heterocycles. The molecule has 4 nitrogen and oxygen atoms in total. The number of rotatable bonds is 2. The van der Waals surface area contributed by atoms with Crippen LogP contribution in [0.2, 0.25) is 0 Å². The molecule has 0 aliphatic rings. The summed E-state index contributed by atoms with van der Waals surface area (Å²) in [5.41, 5.74) is 1.20. The van der Waals surface area contributed by atoms with Gasteiger partial charge in [-0.1, -0.05) is 0 Å². The van der Waals surface area contributed by atoms with Gasteiger partial charge in [-0.15, -0.1) is 0 Å². The van der Waals surface area contributed by atoms with Crippen LogP contribution in [0.1, 0.15) is 29.9 Å². The molecule has 0 aromatic carbocycles. The molecule has 1 heterocycles. The molecule has 0 aliphatic carbocycles. The van der Waals surface area contributed by atoms with Crippen molar-refractivity contribution in [1.29, 1.82) is 0 Å². The first kappa shape index (κ1) is 9.51. The number of hydrogen-bond acceptors (Lipinski definition) is 3. The smallest absolute Gasteiger partial charge is 0.309 e. The number of carbonyl (C=O) groups excluding carboxylic acids is 2. The first-order chi connectivity index (χ1) is 6.00. The molecule has 1 aromatic rings. The molecule has 0 fully saturated rings. The maximum Gasteiger partial charge on any atom is 0.309 e. The van der Waals surface area contributed by atoms with E-state index in [9.17, 15) is 9.59 Å². The van der Waals surface area contributed by atoms with Crippen molar-refractivity contribution in [3.63, 3.8) is 0 Å². The van der Waals surface area contributed by atoms with E-state index in [-0.39, 0.29) is 11.7 Å². The van der Waals surface area contributed by atoms with E-state index in [1.54, 1.807) is 13.0 Å². The lowest BCUT2D eigenvalue weighted by Gasteiger charge is -1.98. The quantitative estimate of drug-likeness (QED) is 0.555. The van der Waals surface area contributed by atoms with Crippen LogP contribution in [0.4, 0.5) is 0 Å². The number of ketones is 1. The topological polar surface area (TPSA) is 59.2 Å². The second-order valence-electron chi connectivity index (χ2n) is 2.84. The highest BCUT2D eigenvalue weighted by atomic mass is 16.5. The van der Waals surface area contributed by atoms with Crippen LogP contribution in [0, 0.1) is 6.92 Å². The molecule has 0 atom stereocenters. The third-order valence-corrected chi connectivity index (χ3v) is 1.54. The third-order valence-electron chi connectivity index (χ3n) is 1.54. The Balaban J connectivity index is 3.04. The van der Waals surface area contributed by atoms with Gasteiger partial charge in [0.1, 0.15) is 0 Å². The maximum atomic E-state index is 11.0. The molecule has 0 radical (unpaired) electrons. The number of H-pyrrole nitrogens is 1. The summed E-state index contributed by atoms with van der Waals surface area (Å²) >= 11 is 0. The normalized spacial score (nSPS) is 9.77. The number of carbonyl (C=O) groups is 2. The zero-order valence-corrected chi connectivity index (χ0v) is 7.80. The van der Waals surface area contributed by atoms with E-state index in [0.717, 1.165) is 5.69 Å². The average molecular weight is 181 g/mol. The highest BCUT2D eigenvalue weighted by Crippen LogP contribution is 2.19. The van der Waals surface area contributed by atoms with Gasteiger partial charge >= 0.3 is 5.97 Å². The van der Waals surface area contributed by atoms with Crippen molar-refractivity contribution < 1.29 is 14.3 Å². The highest BCUT2D eigenvalue weighted by molar-refractivity contribution is 5.97. The van der Waals surface area contributed by atoms with Crippen LogP contribution in [0.5, 0.6) is 5.88 Å². The average Bonchev–Trinajstić information content (AvgIpc) is 2.29. The van der Waals surface area contributed by atoms with Crippen molar-refractivity contribution >= 4 is 11.8 Å². The Labute approximate surface area is 75.9 Å². The van der Waals surface area contributed by atoms with Crippen molar-refractivity contribution in [1.82, 2.24) is 4.98 Å². The minimum Gasteiger partial charge on any atom is -0.409 e. The predicted octanol–water partition coefficient (Wildman–Crippen LogP) is 1.45. The largest absolute Gasteiger partial charge is 0.409 e. The SMILES string of the molecule is CC(=O)Oc1[nH]c(C)cc1C(C)=O. The molecule has 0 amide bonds. The third kappa shape index (κ3) is 2.18. The van der Waals surface area contributed by atoms with Gasteiger partial charge in [-0.3, -0.25) is 9.59 Å². The van der Waals surface area contributed by atoms with Gasteiger partial charge in [-0.25, -0.2) is 0 Å². The van der Waals surface area contributed by atoms with Gasteiger partial charge in [0.2, 0.25) is 5.88 Å². The van der Waals surface area contributed by atoms with Crippen molar-refractivity contribution in [2.24, 2.45) is 0 Å². The van der Waals surface area contributed by atoms with Gasteiger partial charge in [0.05, 0.1) is 5.56 Å². The molecule has 1 aromatic heterocycles. The van der Waals surface area contributed by atoms with Crippen molar-refractivity contribution in [2.75, 3.05) is 0 Å². The Morgan fingerprint density at radius 1 is 1.38 bits per heavy atom. The monoisotopic (exact) mass is 181 g/mol. The molecule has 13 heavy (non-hydrogen) atoms. The molecule has 1 N–H and O–H groups in total. The van der Waals surface area contributed by atoms with Crippen LogP contribution in [-0.2, 0) is 4.79 Å². The highest BCUT2D eigenvalue weighted by Gasteiger charge is 2.12. The van der Waals surface area contributed by atoms with Crippen molar-refractivity contribution in [3.05, 3.63) is 17.3 Å². The Morgan fingerprint density at radius 3 is 2.46 bits per heavy atom. The van der Waals surface area contributed by atoms with E-state index in [0.29, 0.717) is 5.56 Å². The molecular weight excluding hydrogens is 170 g/mol. The summed E-state index contributed by atoms with van der Waals surface area (Å²) in [4.78, 5) is 24.5. The second kappa shape index (κ2) is 3.43. The lowest BCUT2D eigenvalue weighted by molar-refractivity contribution is -0.132. The number of aromatic nitrogens is 1. The number of esters is 1. The molecule has 70 valence electrons. The van der Waals surface area contributed by atoms with E-state index in [2.05, 4.69) is 4.98 Å². The van der Waals surface area contributed by atoms with Gasteiger partial charge in [0.15, 0.2) is 5.78 Å². The number of aryl methyl sites for hydroxylation is 1. The Bertz CT molecular complexity index is 352. The fourth-order valence-electron chi connectivity index (χ4n) is 1.05. The Hall–Kier alpha value is -1.58. The van der Waals surface area contributed by atoms with Crippen LogP contribution in [0.25, 0.3) is 0 Å². The molecular formula is C9H11NO3. The van der Waals surface area contributed by atoms with Gasteiger partial charge in [-0.05, 0) is 19.9 Å². The van der Waals surface area contributed by atoms with Crippen LogP contribution < -0.4 is 4.74 Å². The zero-order chi connectivity index (χ0) is 10.0. The summed E-state index contributed by atoms with van der Waals surface area (Å²) < 4.78 is 4.81. The predicted molar refractivity (Wildman–Crippen MR) is 46.8 cm³/mol. The summed E-state index contributed by atoms with van der Waals surface area (Å²) in [5, 5.41) is 0. The first-order valence-electron chi connectivity index (χ1n) is 3.89. The van der Waals surface area contributed by atoms with E-state index >= 15 is 0 Å². The number of ether oxygens (including phenoxy) is 1. The molecule has 4 heteroatoms. The van der Waals surface area contributed by atoms with Crippen molar-refractivity contribution in [2.45, 2.75) is 20.8 Å². The Morgan fingerprint density at radius 2 is 2.00 bits per heavy atom. The van der Waals surface area contributed by atoms with Gasteiger partial charge < -0.3 is 9.72 Å². The van der Waals surface area contributed by atoms with Crippen LogP contribution in [0.15, 0.2) is 6.07 Å². The summed E-state index contributed by atoms with van der Waals surface area (Å²) in [6.07, 6.45) is 0. The molecule has 0 unspecified atom stereocenters. The fraction of sp³-hybridized carbons (Fsp3) is 0.333. The minimum absolute atomic E-state index is 0.124. The van der Waals surface area contributed by atoms with Gasteiger partial charge in [-0.2, -0.15) is 0 Å². The first-order valence-corrected chi connectivity index (χ1v) is 3.89. The lowest BCUT2D eigenvalue weighted by atomic mass is 10.2. The van der Waals surface area contributed by atoms with E-state index in [1.165, 1.54) is 13.8 Å². The maximum absolute atomic E-state index is 11.0. The number of aromatic amines is 1. The van der Waals surface area contributed by atoms with E-state index in [4.69, 9.17) is 4.74 Å². The fourth-order valence-corrected chi connectivity index (χ4v) is 1.05. The zero-order valence-electron chi connectivity index (χ0n) is 7.80. The van der Waals surface area contributed by atoms with Crippen LogP contribution in [0.3, 0.4) is 0 Å². The summed E-state index contributed by atoms with van der Waals surface area (Å²) in [6, 6.07) is 1.65. The molecule has 1 rings (SSSR count). The van der Waals surface area contributed by atoms with Crippen LogP contribution >= 0.6 is 0 Å². The minimum atomic E-state index is -0.440. The molecule has 0 saturated carbocycles.